The fourth-order valence-corrected chi connectivity index (χ4v) is 4.17. The van der Waals surface area contributed by atoms with Crippen LogP contribution in [0.15, 0.2) is 87.3 Å². The number of rotatable bonds is 5. The predicted molar refractivity (Wildman–Crippen MR) is 108 cm³/mol. The van der Waals surface area contributed by atoms with Crippen LogP contribution in [0.3, 0.4) is 0 Å². The van der Waals surface area contributed by atoms with Crippen molar-refractivity contribution in [2.45, 2.75) is 23.3 Å². The van der Waals surface area contributed by atoms with Gasteiger partial charge < -0.3 is 9.73 Å². The molecule has 0 aliphatic carbocycles. The van der Waals surface area contributed by atoms with E-state index in [1.165, 1.54) is 0 Å². The first kappa shape index (κ1) is 18.9. The summed E-state index contributed by atoms with van der Waals surface area (Å²) in [5, 5.41) is 3.57. The fraction of sp³-hybridized carbons (Fsp3) is 0.0909. The number of nitrogens with one attached hydrogen (secondary N) is 1. The van der Waals surface area contributed by atoms with Crippen molar-refractivity contribution in [2.24, 2.45) is 0 Å². The van der Waals surface area contributed by atoms with Gasteiger partial charge in [0, 0.05) is 18.1 Å². The van der Waals surface area contributed by atoms with Crippen LogP contribution in [-0.4, -0.2) is 19.3 Å². The molecule has 2 aromatic carbocycles. The molecule has 0 unspecified atom stereocenters. The molecule has 6 nitrogen and oxygen atoms in total. The third-order valence-corrected chi connectivity index (χ3v) is 6.35. The number of aryl methyl sites for hydroxylation is 1. The number of carbonyl (C=O) groups is 1. The molecule has 0 atom stereocenters. The van der Waals surface area contributed by atoms with Crippen molar-refractivity contribution in [3.8, 4) is 0 Å². The maximum atomic E-state index is 12.7. The lowest BCUT2D eigenvalue weighted by Crippen LogP contribution is -2.22. The molecule has 0 saturated heterocycles. The van der Waals surface area contributed by atoms with Crippen molar-refractivity contribution >= 4 is 26.7 Å². The second-order valence-corrected chi connectivity index (χ2v) is 8.62. The summed E-state index contributed by atoms with van der Waals surface area (Å²) in [5.41, 5.74) is 2.32. The maximum Gasteiger partial charge on any atom is 0.287 e. The third kappa shape index (κ3) is 3.90. The van der Waals surface area contributed by atoms with Crippen molar-refractivity contribution in [3.63, 3.8) is 0 Å². The summed E-state index contributed by atoms with van der Waals surface area (Å²) in [6.45, 7) is 2.15. The lowest BCUT2D eigenvalue weighted by Gasteiger charge is -2.07. The van der Waals surface area contributed by atoms with E-state index in [0.29, 0.717) is 5.58 Å². The van der Waals surface area contributed by atoms with Crippen LogP contribution in [0, 0.1) is 6.92 Å². The summed E-state index contributed by atoms with van der Waals surface area (Å²) in [6, 6.07) is 16.6. The molecule has 0 aliphatic heterocycles. The zero-order valence-corrected chi connectivity index (χ0v) is 16.4. The smallest absolute Gasteiger partial charge is 0.287 e. The highest BCUT2D eigenvalue weighted by atomic mass is 32.2. The third-order valence-electron chi connectivity index (χ3n) is 4.56. The minimum absolute atomic E-state index is 0.201. The van der Waals surface area contributed by atoms with E-state index in [1.54, 1.807) is 73.1 Å². The van der Waals surface area contributed by atoms with Gasteiger partial charge in [-0.3, -0.25) is 9.78 Å². The van der Waals surface area contributed by atoms with E-state index in [2.05, 4.69) is 10.3 Å². The summed E-state index contributed by atoms with van der Waals surface area (Å²) >= 11 is 0. The Morgan fingerprint density at radius 3 is 2.31 bits per heavy atom. The molecule has 4 aromatic rings. The normalized spacial score (nSPS) is 11.5. The van der Waals surface area contributed by atoms with Crippen LogP contribution >= 0.6 is 0 Å². The number of sulfone groups is 1. The predicted octanol–water partition coefficient (Wildman–Crippen LogP) is 3.90. The summed E-state index contributed by atoms with van der Waals surface area (Å²) in [5.74, 6) is -0.149. The lowest BCUT2D eigenvalue weighted by atomic mass is 10.2. The van der Waals surface area contributed by atoms with Gasteiger partial charge in [0.25, 0.3) is 5.91 Å². The molecular weight excluding hydrogens is 388 g/mol. The van der Waals surface area contributed by atoms with Crippen molar-refractivity contribution in [1.82, 2.24) is 10.3 Å². The molecule has 0 spiro atoms. The van der Waals surface area contributed by atoms with Crippen LogP contribution in [0.25, 0.3) is 11.0 Å². The zero-order valence-electron chi connectivity index (χ0n) is 15.6. The molecule has 0 bridgehead atoms. The second-order valence-electron chi connectivity index (χ2n) is 6.67. The highest BCUT2D eigenvalue weighted by molar-refractivity contribution is 7.91. The van der Waals surface area contributed by atoms with Gasteiger partial charge in [0.1, 0.15) is 0 Å². The minimum atomic E-state index is -3.57. The Kier molecular flexibility index (Phi) is 4.90. The van der Waals surface area contributed by atoms with Gasteiger partial charge in [-0.2, -0.15) is 0 Å². The maximum absolute atomic E-state index is 12.7. The van der Waals surface area contributed by atoms with Gasteiger partial charge in [0.2, 0.25) is 9.84 Å². The van der Waals surface area contributed by atoms with Gasteiger partial charge in [0.05, 0.1) is 16.0 Å². The minimum Gasteiger partial charge on any atom is -0.449 e. The molecule has 1 amide bonds. The number of furan rings is 1. The number of amides is 1. The van der Waals surface area contributed by atoms with Gasteiger partial charge in [0.15, 0.2) is 11.3 Å². The first-order valence-electron chi connectivity index (χ1n) is 8.96. The van der Waals surface area contributed by atoms with E-state index in [-0.39, 0.29) is 28.0 Å². The van der Waals surface area contributed by atoms with Crippen LogP contribution in [-0.2, 0) is 16.4 Å². The Morgan fingerprint density at radius 1 is 1.00 bits per heavy atom. The van der Waals surface area contributed by atoms with Crippen molar-refractivity contribution < 1.29 is 17.6 Å². The largest absolute Gasteiger partial charge is 0.449 e. The van der Waals surface area contributed by atoms with E-state index in [4.69, 9.17) is 4.42 Å². The topological polar surface area (TPSA) is 89.3 Å². The number of pyridine rings is 1. The monoisotopic (exact) mass is 406 g/mol. The van der Waals surface area contributed by atoms with Crippen LogP contribution in [0.1, 0.15) is 21.7 Å². The average molecular weight is 406 g/mol. The highest BCUT2D eigenvalue weighted by Gasteiger charge is 2.17. The molecule has 7 heteroatoms. The second kappa shape index (κ2) is 7.52. The summed E-state index contributed by atoms with van der Waals surface area (Å²) < 4.78 is 30.9. The van der Waals surface area contributed by atoms with Crippen LogP contribution in [0.5, 0.6) is 0 Å². The average Bonchev–Trinajstić information content (AvgIpc) is 3.17. The van der Waals surface area contributed by atoms with Gasteiger partial charge in [-0.15, -0.1) is 0 Å². The van der Waals surface area contributed by atoms with Crippen molar-refractivity contribution in [2.75, 3.05) is 0 Å². The quantitative estimate of drug-likeness (QED) is 0.543. The molecule has 0 aliphatic rings. The van der Waals surface area contributed by atoms with Crippen molar-refractivity contribution in [1.29, 1.82) is 0 Å². The van der Waals surface area contributed by atoms with Crippen LogP contribution in [0.4, 0.5) is 0 Å². The van der Waals surface area contributed by atoms with E-state index < -0.39 is 9.84 Å². The van der Waals surface area contributed by atoms with Gasteiger partial charge in [-0.25, -0.2) is 8.42 Å². The number of carbonyl (C=O) groups excluding carboxylic acids is 1. The van der Waals surface area contributed by atoms with Crippen LogP contribution in [0.2, 0.25) is 0 Å². The van der Waals surface area contributed by atoms with Crippen molar-refractivity contribution in [3.05, 3.63) is 89.9 Å². The SMILES string of the molecule is Cc1ccc(S(=O)(=O)c2ccc(CNC(=O)c3cc4ccncc4o3)cc2)cc1. The first-order valence-corrected chi connectivity index (χ1v) is 10.4. The number of hydrogen-bond donors (Lipinski definition) is 1. The molecule has 29 heavy (non-hydrogen) atoms. The Morgan fingerprint density at radius 2 is 1.66 bits per heavy atom. The molecular formula is C22H18N2O4S. The number of benzene rings is 2. The number of hydrogen-bond acceptors (Lipinski definition) is 5. The van der Waals surface area contributed by atoms with E-state index >= 15 is 0 Å². The van der Waals surface area contributed by atoms with Crippen LogP contribution < -0.4 is 5.32 Å². The molecule has 146 valence electrons. The van der Waals surface area contributed by atoms with E-state index in [0.717, 1.165) is 16.5 Å². The molecule has 2 heterocycles. The van der Waals surface area contributed by atoms with Gasteiger partial charge >= 0.3 is 0 Å². The Hall–Kier alpha value is -3.45. The molecule has 0 radical (unpaired) electrons. The Balaban J connectivity index is 1.45. The zero-order chi connectivity index (χ0) is 20.4. The van der Waals surface area contributed by atoms with E-state index in [9.17, 15) is 13.2 Å². The Labute approximate surface area is 168 Å². The fourth-order valence-electron chi connectivity index (χ4n) is 2.91. The van der Waals surface area contributed by atoms with Gasteiger partial charge in [-0.05, 0) is 48.9 Å². The summed E-state index contributed by atoms with van der Waals surface area (Å²) in [4.78, 5) is 16.7. The summed E-state index contributed by atoms with van der Waals surface area (Å²) in [7, 11) is -3.57. The first-order chi connectivity index (χ1) is 13.9. The van der Waals surface area contributed by atoms with E-state index in [1.807, 2.05) is 6.92 Å². The standard InChI is InChI=1S/C22H18N2O4S/c1-15-2-6-18(7-3-15)29(26,27)19-8-4-16(5-9-19)13-24-22(25)20-12-17-10-11-23-14-21(17)28-20/h2-12,14H,13H2,1H3,(H,24,25). The Bertz CT molecular complexity index is 1240. The van der Waals surface area contributed by atoms with Gasteiger partial charge in [-0.1, -0.05) is 29.8 Å². The number of nitrogens with zero attached hydrogens (tertiary/aromatic N) is 1. The molecule has 4 rings (SSSR count). The highest BCUT2D eigenvalue weighted by Crippen LogP contribution is 2.22. The molecule has 2 aromatic heterocycles. The number of aromatic nitrogens is 1. The molecule has 0 saturated carbocycles. The lowest BCUT2D eigenvalue weighted by molar-refractivity contribution is 0.0925. The number of fused-ring (bicyclic) bond motifs is 1. The molecule has 1 N–H and O–H groups in total. The summed E-state index contributed by atoms with van der Waals surface area (Å²) in [6.07, 6.45) is 3.19. The molecule has 0 fully saturated rings.